The summed E-state index contributed by atoms with van der Waals surface area (Å²) < 4.78 is 6.83. The van der Waals surface area contributed by atoms with Crippen molar-refractivity contribution in [1.82, 2.24) is 14.5 Å². The predicted octanol–water partition coefficient (Wildman–Crippen LogP) is 5.74. The highest BCUT2D eigenvalue weighted by Crippen LogP contribution is 2.40. The second-order valence-corrected chi connectivity index (χ2v) is 11.2. The molecule has 0 N–H and O–H groups in total. The molecule has 0 amide bonds. The molecule has 4 fully saturated rings. The molecule has 0 radical (unpaired) electrons. The van der Waals surface area contributed by atoms with E-state index in [1.54, 1.807) is 55.7 Å². The van der Waals surface area contributed by atoms with Crippen LogP contribution < -0.4 is 5.56 Å². The van der Waals surface area contributed by atoms with Crippen molar-refractivity contribution in [1.29, 1.82) is 0 Å². The van der Waals surface area contributed by atoms with Crippen LogP contribution in [0.2, 0.25) is 0 Å². The molecule has 6 heteroatoms. The number of fused-ring (bicyclic) bond motifs is 5. The standard InChI is InChI=1S/C20H25N3O3.C9H16/c1-3-26-20(25)18-21-17-10-5-4-9-16(17)19(24)23(18)15-11-13-7-6-8-14(12-15)22(13)2;1-3-8-5-2-6-9(4-1)7-8/h4-5,9-10,13-15H,3,6-8,11-12H2,1-2H3;8-9H,1-7H2. The number of ether oxygens (including phenoxy) is 1. The molecule has 2 atom stereocenters. The maximum absolute atomic E-state index is 13.3. The third kappa shape index (κ3) is 5.18. The van der Waals surface area contributed by atoms with Gasteiger partial charge in [0.25, 0.3) is 5.56 Å². The van der Waals surface area contributed by atoms with E-state index in [1.807, 2.05) is 12.1 Å². The number of hydrogen-bond acceptors (Lipinski definition) is 5. The minimum atomic E-state index is -0.514. The van der Waals surface area contributed by atoms with Gasteiger partial charge in [-0.05, 0) is 70.0 Å². The van der Waals surface area contributed by atoms with Crippen LogP contribution in [0.3, 0.4) is 0 Å². The van der Waals surface area contributed by atoms with E-state index in [0.717, 1.165) is 37.5 Å². The van der Waals surface area contributed by atoms with Crippen LogP contribution in [0.1, 0.15) is 101 Å². The van der Waals surface area contributed by atoms with Crippen molar-refractivity contribution in [2.24, 2.45) is 11.8 Å². The van der Waals surface area contributed by atoms with Gasteiger partial charge in [0.15, 0.2) is 0 Å². The first kappa shape index (κ1) is 24.5. The van der Waals surface area contributed by atoms with E-state index in [4.69, 9.17) is 4.74 Å². The molecular formula is C29H41N3O3. The maximum atomic E-state index is 13.3. The molecule has 6 nitrogen and oxygen atoms in total. The Kier molecular flexibility index (Phi) is 7.56. The van der Waals surface area contributed by atoms with Crippen LogP contribution in [-0.2, 0) is 4.74 Å². The zero-order chi connectivity index (χ0) is 24.4. The average molecular weight is 480 g/mol. The highest BCUT2D eigenvalue weighted by Gasteiger charge is 2.38. The van der Waals surface area contributed by atoms with E-state index in [2.05, 4.69) is 16.9 Å². The molecule has 1 aromatic carbocycles. The van der Waals surface area contributed by atoms with Gasteiger partial charge >= 0.3 is 5.97 Å². The number of aromatic nitrogens is 2. The lowest BCUT2D eigenvalue weighted by molar-refractivity contribution is 0.0340. The molecule has 190 valence electrons. The first-order chi connectivity index (χ1) is 17.0. The van der Waals surface area contributed by atoms with Gasteiger partial charge in [0.1, 0.15) is 0 Å². The number of carbonyl (C=O) groups excluding carboxylic acids is 1. The second-order valence-electron chi connectivity index (χ2n) is 11.2. The Morgan fingerprint density at radius 3 is 2.11 bits per heavy atom. The van der Waals surface area contributed by atoms with Crippen molar-refractivity contribution < 1.29 is 9.53 Å². The van der Waals surface area contributed by atoms with E-state index in [1.165, 1.54) is 19.3 Å². The summed E-state index contributed by atoms with van der Waals surface area (Å²) >= 11 is 0. The Labute approximate surface area is 209 Å². The summed E-state index contributed by atoms with van der Waals surface area (Å²) in [5, 5.41) is 0.560. The second kappa shape index (κ2) is 10.8. The molecule has 2 aliphatic carbocycles. The van der Waals surface area contributed by atoms with Crippen molar-refractivity contribution in [2.45, 2.75) is 102 Å². The zero-order valence-corrected chi connectivity index (χ0v) is 21.5. The molecule has 2 saturated heterocycles. The molecule has 4 aliphatic rings. The fourth-order valence-corrected chi connectivity index (χ4v) is 7.24. The molecule has 6 rings (SSSR count). The summed E-state index contributed by atoms with van der Waals surface area (Å²) in [6.45, 7) is 2.03. The molecule has 2 aromatic rings. The number of para-hydroxylation sites is 1. The Hall–Kier alpha value is -2.21. The average Bonchev–Trinajstić information content (AvgIpc) is 2.85. The Bertz CT molecular complexity index is 1060. The van der Waals surface area contributed by atoms with Gasteiger partial charge in [-0.2, -0.15) is 0 Å². The highest BCUT2D eigenvalue weighted by molar-refractivity contribution is 5.89. The van der Waals surface area contributed by atoms with Crippen LogP contribution in [0.5, 0.6) is 0 Å². The number of esters is 1. The fraction of sp³-hybridized carbons (Fsp3) is 0.690. The molecule has 3 heterocycles. The van der Waals surface area contributed by atoms with E-state index >= 15 is 0 Å². The molecule has 2 unspecified atom stereocenters. The number of nitrogens with zero attached hydrogens (tertiary/aromatic N) is 3. The van der Waals surface area contributed by atoms with Crippen LogP contribution in [0.25, 0.3) is 10.9 Å². The van der Waals surface area contributed by atoms with Gasteiger partial charge in [0.05, 0.1) is 17.5 Å². The quantitative estimate of drug-likeness (QED) is 0.526. The van der Waals surface area contributed by atoms with E-state index in [0.29, 0.717) is 23.0 Å². The predicted molar refractivity (Wildman–Crippen MR) is 139 cm³/mol. The number of rotatable bonds is 3. The summed E-state index contributed by atoms with van der Waals surface area (Å²) in [5.41, 5.74) is 0.413. The minimum absolute atomic E-state index is 0.00878. The van der Waals surface area contributed by atoms with Crippen LogP contribution in [0.15, 0.2) is 29.1 Å². The number of hydrogen-bond donors (Lipinski definition) is 0. The molecule has 35 heavy (non-hydrogen) atoms. The summed E-state index contributed by atoms with van der Waals surface area (Å²) in [6, 6.07) is 8.13. The van der Waals surface area contributed by atoms with E-state index in [9.17, 15) is 9.59 Å². The number of carbonyl (C=O) groups is 1. The molecule has 2 saturated carbocycles. The smallest absolute Gasteiger partial charge is 0.374 e. The van der Waals surface area contributed by atoms with Crippen molar-refractivity contribution in [3.8, 4) is 0 Å². The topological polar surface area (TPSA) is 64.4 Å². The zero-order valence-electron chi connectivity index (χ0n) is 21.5. The lowest BCUT2D eigenvalue weighted by Gasteiger charge is -2.47. The minimum Gasteiger partial charge on any atom is -0.460 e. The third-order valence-electron chi connectivity index (χ3n) is 9.06. The summed E-state index contributed by atoms with van der Waals surface area (Å²) in [5.74, 6) is 1.93. The molecule has 0 spiro atoms. The van der Waals surface area contributed by atoms with Crippen LogP contribution >= 0.6 is 0 Å². The summed E-state index contributed by atoms with van der Waals surface area (Å²) in [4.78, 5) is 32.8. The maximum Gasteiger partial charge on any atom is 0.374 e. The van der Waals surface area contributed by atoms with Crippen molar-refractivity contribution in [3.63, 3.8) is 0 Å². The largest absolute Gasteiger partial charge is 0.460 e. The Balaban J connectivity index is 0.000000234. The first-order valence-corrected chi connectivity index (χ1v) is 14.0. The van der Waals surface area contributed by atoms with Gasteiger partial charge in [-0.15, -0.1) is 0 Å². The van der Waals surface area contributed by atoms with Crippen molar-refractivity contribution in [3.05, 3.63) is 40.4 Å². The molecule has 4 bridgehead atoms. The van der Waals surface area contributed by atoms with Gasteiger partial charge in [0.2, 0.25) is 5.82 Å². The van der Waals surface area contributed by atoms with Gasteiger partial charge in [-0.3, -0.25) is 9.36 Å². The summed E-state index contributed by atoms with van der Waals surface area (Å²) in [7, 11) is 2.18. The van der Waals surface area contributed by atoms with Gasteiger partial charge in [0, 0.05) is 18.1 Å². The Morgan fingerprint density at radius 1 is 0.914 bits per heavy atom. The van der Waals surface area contributed by atoms with Crippen LogP contribution in [-0.4, -0.2) is 46.2 Å². The van der Waals surface area contributed by atoms with Gasteiger partial charge in [-0.25, -0.2) is 9.78 Å². The van der Waals surface area contributed by atoms with Gasteiger partial charge in [-0.1, -0.05) is 57.1 Å². The number of benzene rings is 1. The van der Waals surface area contributed by atoms with Crippen LogP contribution in [0, 0.1) is 11.8 Å². The lowest BCUT2D eigenvalue weighted by atomic mass is 9.72. The summed E-state index contributed by atoms with van der Waals surface area (Å²) in [6.07, 6.45) is 16.1. The lowest BCUT2D eigenvalue weighted by Crippen LogP contribution is -2.51. The third-order valence-corrected chi connectivity index (χ3v) is 9.06. The Morgan fingerprint density at radius 2 is 1.51 bits per heavy atom. The normalized spacial score (nSPS) is 30.3. The SMILES string of the molecule is C1CC2CCCC(C1)C2.CCOC(=O)c1nc2ccccc2c(=O)n1C1CC2CCCC(C1)N2C. The molecule has 1 aromatic heterocycles. The fourth-order valence-electron chi connectivity index (χ4n) is 7.24. The van der Waals surface area contributed by atoms with Gasteiger partial charge < -0.3 is 9.64 Å². The van der Waals surface area contributed by atoms with Crippen molar-refractivity contribution >= 4 is 16.9 Å². The monoisotopic (exact) mass is 479 g/mol. The molecule has 2 aliphatic heterocycles. The first-order valence-electron chi connectivity index (χ1n) is 14.0. The van der Waals surface area contributed by atoms with Crippen molar-refractivity contribution in [2.75, 3.05) is 13.7 Å². The van der Waals surface area contributed by atoms with E-state index < -0.39 is 5.97 Å². The number of piperidine rings is 2. The highest BCUT2D eigenvalue weighted by atomic mass is 16.5. The molecular weight excluding hydrogens is 438 g/mol. The van der Waals surface area contributed by atoms with E-state index in [-0.39, 0.29) is 24.0 Å². The van der Waals surface area contributed by atoms with Crippen LogP contribution in [0.4, 0.5) is 0 Å².